The lowest BCUT2D eigenvalue weighted by atomic mass is 9.92. The molecule has 18 heavy (non-hydrogen) atoms. The van der Waals surface area contributed by atoms with Crippen molar-refractivity contribution in [2.45, 2.75) is 43.5 Å². The zero-order valence-corrected chi connectivity index (χ0v) is 11.6. The topological polar surface area (TPSA) is 12.0 Å². The van der Waals surface area contributed by atoms with Crippen LogP contribution in [0.5, 0.6) is 0 Å². The summed E-state index contributed by atoms with van der Waals surface area (Å²) in [6.07, 6.45) is -1.27. The van der Waals surface area contributed by atoms with Gasteiger partial charge in [-0.3, -0.25) is 0 Å². The van der Waals surface area contributed by atoms with E-state index in [4.69, 9.17) is 0 Å². The highest BCUT2D eigenvalue weighted by atomic mass is 32.2. The predicted octanol–water partition coefficient (Wildman–Crippen LogP) is 3.68. The van der Waals surface area contributed by atoms with Crippen molar-refractivity contribution in [2.75, 3.05) is 12.3 Å². The lowest BCUT2D eigenvalue weighted by Gasteiger charge is -2.24. The molecule has 2 rings (SSSR count). The molecule has 100 valence electrons. The first kappa shape index (κ1) is 13.8. The van der Waals surface area contributed by atoms with Crippen molar-refractivity contribution >= 4 is 11.8 Å². The fourth-order valence-corrected chi connectivity index (χ4v) is 3.61. The Kier molecular flexibility index (Phi) is 4.62. The van der Waals surface area contributed by atoms with Gasteiger partial charge in [-0.15, -0.1) is 11.8 Å². The van der Waals surface area contributed by atoms with Crippen LogP contribution in [-0.4, -0.2) is 24.8 Å². The molecule has 1 aromatic rings. The number of likely N-dealkylation sites (N-methyl/N-ethyl adjacent to an activating group) is 1. The summed E-state index contributed by atoms with van der Waals surface area (Å²) in [6.45, 7) is 4.49. The Morgan fingerprint density at radius 2 is 2.17 bits per heavy atom. The van der Waals surface area contributed by atoms with E-state index in [1.54, 1.807) is 11.8 Å². The quantitative estimate of drug-likeness (QED) is 0.876. The molecule has 4 heteroatoms. The van der Waals surface area contributed by atoms with Crippen molar-refractivity contribution in [1.82, 2.24) is 5.32 Å². The molecule has 1 heterocycles. The van der Waals surface area contributed by atoms with Gasteiger partial charge in [0.2, 0.25) is 6.43 Å². The number of hydrogen-bond acceptors (Lipinski definition) is 2. The summed E-state index contributed by atoms with van der Waals surface area (Å²) in [4.78, 5) is 1.18. The van der Waals surface area contributed by atoms with Gasteiger partial charge in [0.15, 0.2) is 0 Å². The Balaban J connectivity index is 2.25. The zero-order valence-electron chi connectivity index (χ0n) is 10.7. The van der Waals surface area contributed by atoms with Gasteiger partial charge in [-0.2, -0.15) is 0 Å². The molecule has 2 atom stereocenters. The van der Waals surface area contributed by atoms with Gasteiger partial charge < -0.3 is 5.32 Å². The molecule has 2 unspecified atom stereocenters. The minimum atomic E-state index is -2.33. The number of aryl methyl sites for hydroxylation is 1. The normalized spacial score (nSPS) is 17.8. The van der Waals surface area contributed by atoms with Crippen molar-refractivity contribution in [2.24, 2.45) is 0 Å². The van der Waals surface area contributed by atoms with Crippen LogP contribution in [-0.2, 0) is 6.42 Å². The average molecular weight is 271 g/mol. The van der Waals surface area contributed by atoms with Crippen molar-refractivity contribution < 1.29 is 8.78 Å². The smallest absolute Gasteiger partial charge is 0.246 e. The maximum atomic E-state index is 13.3. The molecule has 0 radical (unpaired) electrons. The van der Waals surface area contributed by atoms with E-state index in [0.29, 0.717) is 6.54 Å². The standard InChI is InChI=1S/C14H19F2NS/c1-3-17-9(2)13(14(15)16)11-5-4-10-6-7-18-12(10)8-11/h4-5,8-9,13-14,17H,3,6-7H2,1-2H3. The molecule has 0 spiro atoms. The molecular formula is C14H19F2NS. The molecule has 0 saturated heterocycles. The molecule has 1 nitrogen and oxygen atoms in total. The van der Waals surface area contributed by atoms with Gasteiger partial charge in [0.05, 0.1) is 5.92 Å². The zero-order chi connectivity index (χ0) is 13.1. The van der Waals surface area contributed by atoms with E-state index in [9.17, 15) is 8.78 Å². The number of nitrogens with one attached hydrogen (secondary N) is 1. The van der Waals surface area contributed by atoms with E-state index >= 15 is 0 Å². The molecule has 1 N–H and O–H groups in total. The maximum absolute atomic E-state index is 13.3. The third kappa shape index (κ3) is 2.86. The highest BCUT2D eigenvalue weighted by Gasteiger charge is 2.29. The number of fused-ring (bicyclic) bond motifs is 1. The van der Waals surface area contributed by atoms with Crippen molar-refractivity contribution in [3.8, 4) is 0 Å². The maximum Gasteiger partial charge on any atom is 0.246 e. The van der Waals surface area contributed by atoms with Crippen LogP contribution in [0, 0.1) is 0 Å². The molecule has 1 aliphatic rings. The van der Waals surface area contributed by atoms with Crippen LogP contribution in [0.3, 0.4) is 0 Å². The Morgan fingerprint density at radius 1 is 1.39 bits per heavy atom. The van der Waals surface area contributed by atoms with Crippen molar-refractivity contribution in [3.05, 3.63) is 29.3 Å². The van der Waals surface area contributed by atoms with Crippen LogP contribution in [0.15, 0.2) is 23.1 Å². The Morgan fingerprint density at radius 3 is 2.83 bits per heavy atom. The largest absolute Gasteiger partial charge is 0.314 e. The fourth-order valence-electron chi connectivity index (χ4n) is 2.49. The first-order valence-electron chi connectivity index (χ1n) is 6.40. The molecule has 1 aliphatic heterocycles. The van der Waals surface area contributed by atoms with E-state index in [0.717, 1.165) is 17.7 Å². The number of halogens is 2. The van der Waals surface area contributed by atoms with E-state index in [2.05, 4.69) is 5.32 Å². The van der Waals surface area contributed by atoms with Crippen molar-refractivity contribution in [1.29, 1.82) is 0 Å². The SMILES string of the molecule is CCNC(C)C(c1ccc2c(c1)SCC2)C(F)F. The van der Waals surface area contributed by atoms with Gasteiger partial charge in [-0.1, -0.05) is 19.1 Å². The fraction of sp³-hybridized carbons (Fsp3) is 0.571. The Bertz CT molecular complexity index is 409. The van der Waals surface area contributed by atoms with Gasteiger partial charge in [-0.05, 0) is 37.1 Å². The minimum absolute atomic E-state index is 0.209. The van der Waals surface area contributed by atoms with Crippen LogP contribution in [0.25, 0.3) is 0 Å². The predicted molar refractivity (Wildman–Crippen MR) is 72.8 cm³/mol. The lowest BCUT2D eigenvalue weighted by molar-refractivity contribution is 0.0983. The van der Waals surface area contributed by atoms with Crippen LogP contribution in [0.4, 0.5) is 8.78 Å². The van der Waals surface area contributed by atoms with E-state index in [1.165, 1.54) is 10.5 Å². The number of alkyl halides is 2. The lowest BCUT2D eigenvalue weighted by Crippen LogP contribution is -2.35. The van der Waals surface area contributed by atoms with Crippen LogP contribution >= 0.6 is 11.8 Å². The van der Waals surface area contributed by atoms with Crippen molar-refractivity contribution in [3.63, 3.8) is 0 Å². The number of rotatable bonds is 5. The first-order chi connectivity index (χ1) is 8.63. The average Bonchev–Trinajstić information content (AvgIpc) is 2.76. The summed E-state index contributed by atoms with van der Waals surface area (Å²) in [5.74, 6) is 0.345. The Labute approximate surface area is 111 Å². The summed E-state index contributed by atoms with van der Waals surface area (Å²) < 4.78 is 26.5. The second-order valence-corrected chi connectivity index (χ2v) is 5.81. The monoisotopic (exact) mass is 271 g/mol. The highest BCUT2D eigenvalue weighted by Crippen LogP contribution is 2.36. The third-order valence-corrected chi connectivity index (χ3v) is 4.54. The van der Waals surface area contributed by atoms with Crippen LogP contribution in [0.1, 0.15) is 30.9 Å². The molecule has 0 bridgehead atoms. The Hall–Kier alpha value is -0.610. The number of benzene rings is 1. The molecule has 0 fully saturated rings. The second kappa shape index (κ2) is 6.02. The van der Waals surface area contributed by atoms with E-state index < -0.39 is 12.3 Å². The molecular weight excluding hydrogens is 252 g/mol. The molecule has 0 aliphatic carbocycles. The van der Waals surface area contributed by atoms with Crippen LogP contribution < -0.4 is 5.32 Å². The minimum Gasteiger partial charge on any atom is -0.314 e. The first-order valence-corrected chi connectivity index (χ1v) is 7.39. The van der Waals surface area contributed by atoms with Crippen LogP contribution in [0.2, 0.25) is 0 Å². The summed E-state index contributed by atoms with van der Waals surface area (Å²) in [6, 6.07) is 5.63. The van der Waals surface area contributed by atoms with Gasteiger partial charge >= 0.3 is 0 Å². The van der Waals surface area contributed by atoms with Gasteiger partial charge in [0.25, 0.3) is 0 Å². The number of hydrogen-bond donors (Lipinski definition) is 1. The number of thioether (sulfide) groups is 1. The van der Waals surface area contributed by atoms with E-state index in [1.807, 2.05) is 32.0 Å². The second-order valence-electron chi connectivity index (χ2n) is 4.67. The third-order valence-electron chi connectivity index (χ3n) is 3.44. The van der Waals surface area contributed by atoms with Gasteiger partial charge in [0.1, 0.15) is 0 Å². The molecule has 0 aromatic heterocycles. The molecule has 0 saturated carbocycles. The molecule has 1 aromatic carbocycles. The summed E-state index contributed by atoms with van der Waals surface area (Å²) in [5, 5.41) is 3.11. The van der Waals surface area contributed by atoms with E-state index in [-0.39, 0.29) is 6.04 Å². The summed E-state index contributed by atoms with van der Waals surface area (Å²) in [5.41, 5.74) is 2.06. The van der Waals surface area contributed by atoms with Gasteiger partial charge in [0, 0.05) is 16.7 Å². The molecule has 0 amide bonds. The summed E-state index contributed by atoms with van der Waals surface area (Å²) >= 11 is 1.77. The summed E-state index contributed by atoms with van der Waals surface area (Å²) in [7, 11) is 0. The highest BCUT2D eigenvalue weighted by molar-refractivity contribution is 7.99. The van der Waals surface area contributed by atoms with Gasteiger partial charge in [-0.25, -0.2) is 8.78 Å².